The molecule has 3 heteroatoms. The Morgan fingerprint density at radius 1 is 1.10 bits per heavy atom. The number of piperazine rings is 1. The van der Waals surface area contributed by atoms with Gasteiger partial charge in [0.1, 0.15) is 0 Å². The van der Waals surface area contributed by atoms with E-state index in [1.165, 1.54) is 16.8 Å². The molecule has 0 bridgehead atoms. The summed E-state index contributed by atoms with van der Waals surface area (Å²) < 4.78 is 0. The van der Waals surface area contributed by atoms with Gasteiger partial charge in [-0.15, -0.1) is 0 Å². The smallest absolute Gasteiger partial charge is 0.0399 e. The first kappa shape index (κ1) is 16.3. The Morgan fingerprint density at radius 3 is 2.24 bits per heavy atom. The van der Waals surface area contributed by atoms with E-state index in [1.807, 2.05) is 0 Å². The van der Waals surface area contributed by atoms with E-state index in [4.69, 9.17) is 5.73 Å². The van der Waals surface area contributed by atoms with Crippen molar-refractivity contribution in [3.63, 3.8) is 0 Å². The molecule has 0 radical (unpaired) electrons. The van der Waals surface area contributed by atoms with E-state index in [0.717, 1.165) is 32.7 Å². The molecule has 0 amide bonds. The van der Waals surface area contributed by atoms with Crippen molar-refractivity contribution in [2.45, 2.75) is 40.7 Å². The fourth-order valence-electron chi connectivity index (χ4n) is 3.40. The first-order valence-electron chi connectivity index (χ1n) is 8.10. The molecule has 1 fully saturated rings. The Morgan fingerprint density at radius 2 is 1.71 bits per heavy atom. The molecule has 2 N–H and O–H groups in total. The Hall–Kier alpha value is -1.06. The molecule has 0 spiro atoms. The number of nitrogens with zero attached hydrogens (tertiary/aromatic N) is 2. The van der Waals surface area contributed by atoms with Crippen LogP contribution < -0.4 is 10.6 Å². The van der Waals surface area contributed by atoms with Crippen molar-refractivity contribution < 1.29 is 0 Å². The number of benzene rings is 1. The predicted molar refractivity (Wildman–Crippen MR) is 92.0 cm³/mol. The van der Waals surface area contributed by atoms with Crippen LogP contribution in [0.1, 0.15) is 31.9 Å². The maximum atomic E-state index is 6.02. The lowest BCUT2D eigenvalue weighted by Gasteiger charge is -2.45. The zero-order valence-electron chi connectivity index (χ0n) is 14.3. The number of hydrogen-bond acceptors (Lipinski definition) is 3. The van der Waals surface area contributed by atoms with Crippen LogP contribution in [-0.4, -0.2) is 43.7 Å². The molecule has 118 valence electrons. The summed E-state index contributed by atoms with van der Waals surface area (Å²) in [7, 11) is 0. The summed E-state index contributed by atoms with van der Waals surface area (Å²) in [6.45, 7) is 16.4. The van der Waals surface area contributed by atoms with Crippen LogP contribution in [0.15, 0.2) is 18.2 Å². The van der Waals surface area contributed by atoms with Crippen molar-refractivity contribution in [1.29, 1.82) is 0 Å². The summed E-state index contributed by atoms with van der Waals surface area (Å²) in [5, 5.41) is 0. The van der Waals surface area contributed by atoms with Gasteiger partial charge in [-0.2, -0.15) is 0 Å². The van der Waals surface area contributed by atoms with Crippen molar-refractivity contribution in [3.05, 3.63) is 29.3 Å². The van der Waals surface area contributed by atoms with Crippen molar-refractivity contribution in [2.75, 3.05) is 37.6 Å². The largest absolute Gasteiger partial charge is 0.369 e. The second-order valence-corrected chi connectivity index (χ2v) is 7.36. The SMILES string of the molecule is Cc1cccc(N2CCN(C(CN)C(C)(C)C)CC2)c1C. The van der Waals surface area contributed by atoms with Gasteiger partial charge in [-0.3, -0.25) is 4.90 Å². The highest BCUT2D eigenvalue weighted by atomic mass is 15.3. The number of aryl methyl sites for hydroxylation is 1. The maximum absolute atomic E-state index is 6.02. The molecule has 0 aromatic heterocycles. The molecule has 1 heterocycles. The Bertz CT molecular complexity index is 468. The summed E-state index contributed by atoms with van der Waals surface area (Å²) in [6.07, 6.45) is 0. The van der Waals surface area contributed by atoms with Crippen LogP contribution in [-0.2, 0) is 0 Å². The Labute approximate surface area is 130 Å². The van der Waals surface area contributed by atoms with Crippen molar-refractivity contribution in [1.82, 2.24) is 4.90 Å². The van der Waals surface area contributed by atoms with Crippen LogP contribution >= 0.6 is 0 Å². The molecule has 1 unspecified atom stereocenters. The van der Waals surface area contributed by atoms with Crippen molar-refractivity contribution in [2.24, 2.45) is 11.1 Å². The number of rotatable bonds is 3. The van der Waals surface area contributed by atoms with Gasteiger partial charge in [0, 0.05) is 44.5 Å². The average Bonchev–Trinajstić information content (AvgIpc) is 2.42. The van der Waals surface area contributed by atoms with Gasteiger partial charge in [-0.05, 0) is 36.5 Å². The minimum Gasteiger partial charge on any atom is -0.369 e. The number of nitrogens with two attached hydrogens (primary N) is 1. The molecule has 1 aromatic carbocycles. The highest BCUT2D eigenvalue weighted by Gasteiger charge is 2.31. The third-order valence-corrected chi connectivity index (χ3v) is 4.89. The third kappa shape index (κ3) is 3.58. The second-order valence-electron chi connectivity index (χ2n) is 7.36. The molecule has 21 heavy (non-hydrogen) atoms. The molecule has 0 aliphatic carbocycles. The zero-order valence-corrected chi connectivity index (χ0v) is 14.3. The van der Waals surface area contributed by atoms with E-state index in [0.29, 0.717) is 6.04 Å². The molecule has 3 nitrogen and oxygen atoms in total. The Balaban J connectivity index is 2.05. The van der Waals surface area contributed by atoms with Gasteiger partial charge in [0.15, 0.2) is 0 Å². The van der Waals surface area contributed by atoms with Crippen LogP contribution in [0.4, 0.5) is 5.69 Å². The van der Waals surface area contributed by atoms with Crippen LogP contribution in [0, 0.1) is 19.3 Å². The summed E-state index contributed by atoms with van der Waals surface area (Å²) in [4.78, 5) is 5.09. The fourth-order valence-corrected chi connectivity index (χ4v) is 3.40. The highest BCUT2D eigenvalue weighted by Crippen LogP contribution is 2.27. The molecule has 1 aliphatic rings. The van der Waals surface area contributed by atoms with Crippen LogP contribution in [0.2, 0.25) is 0 Å². The molecular weight excluding hydrogens is 258 g/mol. The maximum Gasteiger partial charge on any atom is 0.0399 e. The second kappa shape index (κ2) is 6.37. The summed E-state index contributed by atoms with van der Waals surface area (Å²) >= 11 is 0. The van der Waals surface area contributed by atoms with Gasteiger partial charge in [0.25, 0.3) is 0 Å². The predicted octanol–water partition coefficient (Wildman–Crippen LogP) is 2.80. The topological polar surface area (TPSA) is 32.5 Å². The summed E-state index contributed by atoms with van der Waals surface area (Å²) in [5.74, 6) is 0. The van der Waals surface area contributed by atoms with E-state index in [1.54, 1.807) is 0 Å². The van der Waals surface area contributed by atoms with Crippen molar-refractivity contribution >= 4 is 5.69 Å². The van der Waals surface area contributed by atoms with E-state index >= 15 is 0 Å². The van der Waals surface area contributed by atoms with Crippen LogP contribution in [0.3, 0.4) is 0 Å². The van der Waals surface area contributed by atoms with Crippen LogP contribution in [0.5, 0.6) is 0 Å². The summed E-state index contributed by atoms with van der Waals surface area (Å²) in [6, 6.07) is 7.08. The lowest BCUT2D eigenvalue weighted by molar-refractivity contribution is 0.0987. The molecule has 1 saturated heterocycles. The van der Waals surface area contributed by atoms with Gasteiger partial charge in [0.2, 0.25) is 0 Å². The van der Waals surface area contributed by atoms with Gasteiger partial charge in [-0.1, -0.05) is 32.9 Å². The van der Waals surface area contributed by atoms with Crippen molar-refractivity contribution in [3.8, 4) is 0 Å². The van der Waals surface area contributed by atoms with Gasteiger partial charge in [-0.25, -0.2) is 0 Å². The lowest BCUT2D eigenvalue weighted by Crippen LogP contribution is -2.56. The van der Waals surface area contributed by atoms with Gasteiger partial charge in [0.05, 0.1) is 0 Å². The average molecular weight is 289 g/mol. The third-order valence-electron chi connectivity index (χ3n) is 4.89. The van der Waals surface area contributed by atoms with E-state index in [2.05, 4.69) is 62.6 Å². The quantitative estimate of drug-likeness (QED) is 0.929. The minimum atomic E-state index is 0.246. The minimum absolute atomic E-state index is 0.246. The number of hydrogen-bond donors (Lipinski definition) is 1. The normalized spacial score (nSPS) is 18.9. The molecule has 1 atom stereocenters. The fraction of sp³-hybridized carbons (Fsp3) is 0.667. The van der Waals surface area contributed by atoms with E-state index < -0.39 is 0 Å². The highest BCUT2D eigenvalue weighted by molar-refractivity contribution is 5.56. The molecule has 1 aliphatic heterocycles. The monoisotopic (exact) mass is 289 g/mol. The van der Waals surface area contributed by atoms with E-state index in [9.17, 15) is 0 Å². The first-order valence-corrected chi connectivity index (χ1v) is 8.10. The lowest BCUT2D eigenvalue weighted by atomic mass is 9.85. The molecule has 2 rings (SSSR count). The Kier molecular flexibility index (Phi) is 4.95. The first-order chi connectivity index (χ1) is 9.84. The zero-order chi connectivity index (χ0) is 15.6. The van der Waals surface area contributed by atoms with E-state index in [-0.39, 0.29) is 5.41 Å². The standard InChI is InChI=1S/C18H31N3/c1-14-7-6-8-16(15(14)2)20-9-11-21(12-10-20)17(13-19)18(3,4)5/h6-8,17H,9-13,19H2,1-5H3. The molecular formula is C18H31N3. The van der Waals surface area contributed by atoms with Gasteiger partial charge < -0.3 is 10.6 Å². The summed E-state index contributed by atoms with van der Waals surface area (Å²) in [5.41, 5.74) is 10.5. The molecule has 0 saturated carbocycles. The van der Waals surface area contributed by atoms with Crippen LogP contribution in [0.25, 0.3) is 0 Å². The molecule has 1 aromatic rings. The van der Waals surface area contributed by atoms with Gasteiger partial charge >= 0.3 is 0 Å². The number of anilines is 1.